The second-order valence-corrected chi connectivity index (χ2v) is 4.29. The van der Waals surface area contributed by atoms with Crippen molar-refractivity contribution in [2.45, 2.75) is 18.3 Å². The van der Waals surface area contributed by atoms with E-state index in [0.717, 1.165) is 0 Å². The summed E-state index contributed by atoms with van der Waals surface area (Å²) in [5, 5.41) is 8.87. The van der Waals surface area contributed by atoms with Gasteiger partial charge in [0.2, 0.25) is 0 Å². The molecule has 1 saturated carbocycles. The standard InChI is InChI=1S/C12H15NO2/c13-8-12(6-9(7-12)11(14)15)10-4-2-1-3-5-10/h1-5,9H,6-8,13H2,(H,14,15). The summed E-state index contributed by atoms with van der Waals surface area (Å²) >= 11 is 0. The van der Waals surface area contributed by atoms with Gasteiger partial charge in [-0.05, 0) is 18.4 Å². The van der Waals surface area contributed by atoms with Crippen molar-refractivity contribution in [1.29, 1.82) is 0 Å². The zero-order valence-electron chi connectivity index (χ0n) is 8.52. The lowest BCUT2D eigenvalue weighted by molar-refractivity contribution is -0.147. The Kier molecular flexibility index (Phi) is 2.49. The maximum atomic E-state index is 10.8. The van der Waals surface area contributed by atoms with Crippen LogP contribution < -0.4 is 5.73 Å². The Hall–Kier alpha value is -1.35. The fraction of sp³-hybridized carbons (Fsp3) is 0.417. The zero-order chi connectivity index (χ0) is 10.9. The van der Waals surface area contributed by atoms with Crippen molar-refractivity contribution in [3.8, 4) is 0 Å². The summed E-state index contributed by atoms with van der Waals surface area (Å²) in [7, 11) is 0. The van der Waals surface area contributed by atoms with Gasteiger partial charge in [-0.15, -0.1) is 0 Å². The summed E-state index contributed by atoms with van der Waals surface area (Å²) in [6.45, 7) is 0.529. The molecular weight excluding hydrogens is 190 g/mol. The van der Waals surface area contributed by atoms with Crippen molar-refractivity contribution < 1.29 is 9.90 Å². The van der Waals surface area contributed by atoms with Gasteiger partial charge in [0.25, 0.3) is 0 Å². The molecule has 0 atom stereocenters. The Morgan fingerprint density at radius 1 is 1.40 bits per heavy atom. The molecule has 80 valence electrons. The van der Waals surface area contributed by atoms with Crippen molar-refractivity contribution >= 4 is 5.97 Å². The minimum Gasteiger partial charge on any atom is -0.481 e. The Morgan fingerprint density at radius 3 is 2.47 bits per heavy atom. The first kappa shape index (κ1) is 10.2. The molecule has 0 unspecified atom stereocenters. The molecular formula is C12H15NO2. The molecule has 1 aromatic rings. The van der Waals surface area contributed by atoms with Gasteiger partial charge in [-0.1, -0.05) is 30.3 Å². The maximum absolute atomic E-state index is 10.8. The first-order chi connectivity index (χ1) is 7.18. The average molecular weight is 205 g/mol. The summed E-state index contributed by atoms with van der Waals surface area (Å²) in [6, 6.07) is 9.97. The number of carboxylic acids is 1. The first-order valence-corrected chi connectivity index (χ1v) is 5.16. The average Bonchev–Trinajstić information content (AvgIpc) is 2.18. The molecule has 0 heterocycles. The van der Waals surface area contributed by atoms with Gasteiger partial charge < -0.3 is 10.8 Å². The highest BCUT2D eigenvalue weighted by Crippen LogP contribution is 2.47. The molecule has 1 aliphatic rings. The largest absolute Gasteiger partial charge is 0.481 e. The molecule has 1 aliphatic carbocycles. The summed E-state index contributed by atoms with van der Waals surface area (Å²) in [4.78, 5) is 10.8. The van der Waals surface area contributed by atoms with E-state index in [1.807, 2.05) is 30.3 Å². The van der Waals surface area contributed by atoms with E-state index < -0.39 is 5.97 Å². The van der Waals surface area contributed by atoms with Gasteiger partial charge in [-0.2, -0.15) is 0 Å². The van der Waals surface area contributed by atoms with Gasteiger partial charge in [-0.3, -0.25) is 4.79 Å². The van der Waals surface area contributed by atoms with Crippen LogP contribution >= 0.6 is 0 Å². The molecule has 0 aliphatic heterocycles. The molecule has 15 heavy (non-hydrogen) atoms. The predicted octanol–water partition coefficient (Wildman–Crippen LogP) is 1.38. The van der Waals surface area contributed by atoms with Crippen molar-refractivity contribution in [3.63, 3.8) is 0 Å². The van der Waals surface area contributed by atoms with Gasteiger partial charge >= 0.3 is 5.97 Å². The summed E-state index contributed by atoms with van der Waals surface area (Å²) in [5.74, 6) is -0.913. The maximum Gasteiger partial charge on any atom is 0.306 e. The third-order valence-electron chi connectivity index (χ3n) is 3.40. The zero-order valence-corrected chi connectivity index (χ0v) is 8.52. The Bertz CT molecular complexity index is 355. The predicted molar refractivity (Wildman–Crippen MR) is 57.5 cm³/mol. The minimum atomic E-state index is -0.699. The van der Waals surface area contributed by atoms with Crippen LogP contribution in [0, 0.1) is 5.92 Å². The van der Waals surface area contributed by atoms with E-state index in [4.69, 9.17) is 10.8 Å². The minimum absolute atomic E-state index is 0.0929. The smallest absolute Gasteiger partial charge is 0.306 e. The van der Waals surface area contributed by atoms with E-state index in [1.165, 1.54) is 5.56 Å². The summed E-state index contributed by atoms with van der Waals surface area (Å²) < 4.78 is 0. The number of carbonyl (C=O) groups is 1. The number of hydrogen-bond donors (Lipinski definition) is 2. The number of carboxylic acid groups (broad SMARTS) is 1. The fourth-order valence-corrected chi connectivity index (χ4v) is 2.37. The third kappa shape index (κ3) is 1.63. The van der Waals surface area contributed by atoms with Crippen LogP contribution in [0.5, 0.6) is 0 Å². The molecule has 0 saturated heterocycles. The Balaban J connectivity index is 2.17. The normalized spacial score (nSPS) is 29.5. The van der Waals surface area contributed by atoms with Crippen LogP contribution in [-0.2, 0) is 10.2 Å². The molecule has 0 aromatic heterocycles. The first-order valence-electron chi connectivity index (χ1n) is 5.16. The van der Waals surface area contributed by atoms with Crippen molar-refractivity contribution in [2.75, 3.05) is 6.54 Å². The third-order valence-corrected chi connectivity index (χ3v) is 3.40. The summed E-state index contributed by atoms with van der Waals surface area (Å²) in [6.07, 6.45) is 1.34. The Morgan fingerprint density at radius 2 is 2.00 bits per heavy atom. The van der Waals surface area contributed by atoms with Gasteiger partial charge in [-0.25, -0.2) is 0 Å². The highest BCUT2D eigenvalue weighted by atomic mass is 16.4. The van der Waals surface area contributed by atoms with E-state index in [2.05, 4.69) is 0 Å². The second-order valence-electron chi connectivity index (χ2n) is 4.29. The number of nitrogens with two attached hydrogens (primary N) is 1. The molecule has 0 spiro atoms. The monoisotopic (exact) mass is 205 g/mol. The van der Waals surface area contributed by atoms with Crippen LogP contribution in [0.15, 0.2) is 30.3 Å². The molecule has 0 amide bonds. The van der Waals surface area contributed by atoms with E-state index in [0.29, 0.717) is 19.4 Å². The van der Waals surface area contributed by atoms with Crippen molar-refractivity contribution in [3.05, 3.63) is 35.9 Å². The number of aliphatic carboxylic acids is 1. The lowest BCUT2D eigenvalue weighted by atomic mass is 9.58. The lowest BCUT2D eigenvalue weighted by Crippen LogP contribution is -2.49. The SMILES string of the molecule is NCC1(c2ccccc2)CC(C(=O)O)C1. The van der Waals surface area contributed by atoms with Crippen LogP contribution in [-0.4, -0.2) is 17.6 Å². The van der Waals surface area contributed by atoms with E-state index in [-0.39, 0.29) is 11.3 Å². The molecule has 3 heteroatoms. The van der Waals surface area contributed by atoms with E-state index in [9.17, 15) is 4.79 Å². The van der Waals surface area contributed by atoms with Crippen LogP contribution in [0.1, 0.15) is 18.4 Å². The lowest BCUT2D eigenvalue weighted by Gasteiger charge is -2.45. The summed E-state index contributed by atoms with van der Waals surface area (Å²) in [5.41, 5.74) is 6.85. The molecule has 3 nitrogen and oxygen atoms in total. The molecule has 2 rings (SSSR count). The topological polar surface area (TPSA) is 63.3 Å². The highest BCUT2D eigenvalue weighted by molar-refractivity contribution is 5.72. The van der Waals surface area contributed by atoms with Gasteiger partial charge in [0.1, 0.15) is 0 Å². The fourth-order valence-electron chi connectivity index (χ4n) is 2.37. The molecule has 1 aromatic carbocycles. The number of hydrogen-bond acceptors (Lipinski definition) is 2. The Labute approximate surface area is 88.9 Å². The van der Waals surface area contributed by atoms with Gasteiger partial charge in [0, 0.05) is 12.0 Å². The quantitative estimate of drug-likeness (QED) is 0.783. The van der Waals surface area contributed by atoms with E-state index >= 15 is 0 Å². The number of benzene rings is 1. The van der Waals surface area contributed by atoms with Crippen LogP contribution in [0.4, 0.5) is 0 Å². The van der Waals surface area contributed by atoms with Gasteiger partial charge in [0.15, 0.2) is 0 Å². The molecule has 0 radical (unpaired) electrons. The highest BCUT2D eigenvalue weighted by Gasteiger charge is 2.47. The van der Waals surface area contributed by atoms with Crippen LogP contribution in [0.3, 0.4) is 0 Å². The van der Waals surface area contributed by atoms with Crippen LogP contribution in [0.2, 0.25) is 0 Å². The van der Waals surface area contributed by atoms with Crippen molar-refractivity contribution in [1.82, 2.24) is 0 Å². The molecule has 3 N–H and O–H groups in total. The molecule has 1 fully saturated rings. The van der Waals surface area contributed by atoms with Gasteiger partial charge in [0.05, 0.1) is 5.92 Å². The van der Waals surface area contributed by atoms with Crippen LogP contribution in [0.25, 0.3) is 0 Å². The number of rotatable bonds is 3. The second kappa shape index (κ2) is 3.66. The van der Waals surface area contributed by atoms with E-state index in [1.54, 1.807) is 0 Å². The van der Waals surface area contributed by atoms with Crippen molar-refractivity contribution in [2.24, 2.45) is 11.7 Å². The molecule has 0 bridgehead atoms.